The number of ether oxygens (including phenoxy) is 2. The minimum absolute atomic E-state index is 0.174. The van der Waals surface area contributed by atoms with Crippen molar-refractivity contribution < 1.29 is 14.6 Å². The highest BCUT2D eigenvalue weighted by Gasteiger charge is 2.06. The molecule has 0 fully saturated rings. The van der Waals surface area contributed by atoms with Crippen molar-refractivity contribution in [2.24, 2.45) is 0 Å². The second-order valence-electron chi connectivity index (χ2n) is 4.54. The number of hydrogen-bond acceptors (Lipinski definition) is 3. The van der Waals surface area contributed by atoms with Gasteiger partial charge in [0.25, 0.3) is 0 Å². The predicted octanol–water partition coefficient (Wildman–Crippen LogP) is 3.47. The Bertz CT molecular complexity index is 473. The number of aryl methyl sites for hydroxylation is 1. The molecule has 1 N–H and O–H groups in total. The molecule has 106 valence electrons. The zero-order chi connectivity index (χ0) is 14.4. The van der Waals surface area contributed by atoms with Crippen LogP contribution in [-0.4, -0.2) is 24.4 Å². The van der Waals surface area contributed by atoms with Crippen LogP contribution < -0.4 is 9.47 Å². The van der Waals surface area contributed by atoms with E-state index in [-0.39, 0.29) is 13.2 Å². The van der Waals surface area contributed by atoms with Crippen LogP contribution in [-0.2, 0) is 0 Å². The van der Waals surface area contributed by atoms with Gasteiger partial charge in [0.05, 0.1) is 0 Å². The van der Waals surface area contributed by atoms with Gasteiger partial charge in [0.15, 0.2) is 0 Å². The maximum atomic E-state index is 9.80. The molecule has 0 aromatic heterocycles. The van der Waals surface area contributed by atoms with Gasteiger partial charge in [-0.15, -0.1) is 0 Å². The predicted molar refractivity (Wildman–Crippen MR) is 79.6 cm³/mol. The molecule has 20 heavy (non-hydrogen) atoms. The Hall–Kier alpha value is -1.71. The Morgan fingerprint density at radius 1 is 0.900 bits per heavy atom. The van der Waals surface area contributed by atoms with E-state index in [1.54, 1.807) is 24.3 Å². The number of benzene rings is 2. The summed E-state index contributed by atoms with van der Waals surface area (Å²) in [5.41, 5.74) is 1.17. The van der Waals surface area contributed by atoms with Crippen molar-refractivity contribution in [3.63, 3.8) is 0 Å². The molecule has 0 heterocycles. The van der Waals surface area contributed by atoms with Gasteiger partial charge in [-0.25, -0.2) is 0 Å². The summed E-state index contributed by atoms with van der Waals surface area (Å²) in [5.74, 6) is 1.41. The standard InChI is InChI=1S/C16H17ClO3/c1-12-2-6-15(7-3-12)19-10-14(18)11-20-16-8-4-13(17)5-9-16/h2-9,14,18H,10-11H2,1H3/t14-/m0/s1. The van der Waals surface area contributed by atoms with E-state index in [4.69, 9.17) is 21.1 Å². The van der Waals surface area contributed by atoms with Crippen LogP contribution in [0, 0.1) is 6.92 Å². The van der Waals surface area contributed by atoms with Crippen LogP contribution in [0.25, 0.3) is 0 Å². The van der Waals surface area contributed by atoms with Crippen molar-refractivity contribution in [1.29, 1.82) is 0 Å². The van der Waals surface area contributed by atoms with Crippen LogP contribution >= 0.6 is 11.6 Å². The zero-order valence-electron chi connectivity index (χ0n) is 11.3. The van der Waals surface area contributed by atoms with Crippen LogP contribution in [0.1, 0.15) is 5.56 Å². The Morgan fingerprint density at radius 2 is 1.35 bits per heavy atom. The number of rotatable bonds is 6. The maximum absolute atomic E-state index is 9.80. The molecule has 0 spiro atoms. The average Bonchev–Trinajstić information content (AvgIpc) is 2.46. The highest BCUT2D eigenvalue weighted by molar-refractivity contribution is 6.30. The summed E-state index contributed by atoms with van der Waals surface area (Å²) in [5, 5.41) is 10.5. The molecule has 0 amide bonds. The molecule has 0 aliphatic carbocycles. The smallest absolute Gasteiger partial charge is 0.122 e. The van der Waals surface area contributed by atoms with E-state index < -0.39 is 6.10 Å². The summed E-state index contributed by atoms with van der Waals surface area (Å²) in [6, 6.07) is 14.7. The Morgan fingerprint density at radius 3 is 1.85 bits per heavy atom. The van der Waals surface area contributed by atoms with Gasteiger partial charge in [0, 0.05) is 5.02 Å². The minimum atomic E-state index is -0.688. The number of hydrogen-bond donors (Lipinski definition) is 1. The molecule has 2 aromatic carbocycles. The minimum Gasteiger partial charge on any atom is -0.491 e. The molecule has 1 atom stereocenters. The molecule has 2 rings (SSSR count). The van der Waals surface area contributed by atoms with Gasteiger partial charge in [-0.05, 0) is 43.3 Å². The Balaban J connectivity index is 1.73. The van der Waals surface area contributed by atoms with Gasteiger partial charge >= 0.3 is 0 Å². The van der Waals surface area contributed by atoms with Crippen LogP contribution in [0.2, 0.25) is 5.02 Å². The first kappa shape index (κ1) is 14.7. The summed E-state index contributed by atoms with van der Waals surface area (Å²) in [4.78, 5) is 0. The van der Waals surface area contributed by atoms with Gasteiger partial charge in [0.2, 0.25) is 0 Å². The topological polar surface area (TPSA) is 38.7 Å². The first-order chi connectivity index (χ1) is 9.63. The van der Waals surface area contributed by atoms with Gasteiger partial charge in [-0.3, -0.25) is 0 Å². The number of aliphatic hydroxyl groups excluding tert-OH is 1. The van der Waals surface area contributed by atoms with E-state index >= 15 is 0 Å². The van der Waals surface area contributed by atoms with Gasteiger partial charge in [0.1, 0.15) is 30.8 Å². The molecule has 0 bridgehead atoms. The number of halogens is 1. The molecule has 3 nitrogen and oxygen atoms in total. The molecule has 0 aliphatic heterocycles. The van der Waals surface area contributed by atoms with Crippen LogP contribution in [0.5, 0.6) is 11.5 Å². The third-order valence-electron chi connectivity index (χ3n) is 2.72. The lowest BCUT2D eigenvalue weighted by Crippen LogP contribution is -2.25. The molecule has 0 aliphatic rings. The normalized spacial score (nSPS) is 11.9. The average molecular weight is 293 g/mol. The summed E-state index contributed by atoms with van der Waals surface area (Å²) < 4.78 is 10.9. The van der Waals surface area contributed by atoms with Crippen molar-refractivity contribution in [3.8, 4) is 11.5 Å². The summed E-state index contributed by atoms with van der Waals surface area (Å²) in [7, 11) is 0. The molecule has 0 saturated carbocycles. The Kier molecular flexibility index (Phi) is 5.27. The molecule has 0 radical (unpaired) electrons. The third-order valence-corrected chi connectivity index (χ3v) is 2.97. The van der Waals surface area contributed by atoms with Crippen molar-refractivity contribution in [1.82, 2.24) is 0 Å². The fraction of sp³-hybridized carbons (Fsp3) is 0.250. The van der Waals surface area contributed by atoms with Gasteiger partial charge < -0.3 is 14.6 Å². The van der Waals surface area contributed by atoms with Gasteiger partial charge in [-0.1, -0.05) is 29.3 Å². The monoisotopic (exact) mass is 292 g/mol. The van der Waals surface area contributed by atoms with Crippen LogP contribution in [0.4, 0.5) is 0 Å². The van der Waals surface area contributed by atoms with Crippen LogP contribution in [0.15, 0.2) is 48.5 Å². The molecular formula is C16H17ClO3. The molecule has 2 aromatic rings. The van der Waals surface area contributed by atoms with E-state index in [9.17, 15) is 5.11 Å². The van der Waals surface area contributed by atoms with Gasteiger partial charge in [-0.2, -0.15) is 0 Å². The highest BCUT2D eigenvalue weighted by atomic mass is 35.5. The first-order valence-corrected chi connectivity index (χ1v) is 6.77. The highest BCUT2D eigenvalue weighted by Crippen LogP contribution is 2.16. The number of aliphatic hydroxyl groups is 1. The van der Waals surface area contributed by atoms with E-state index in [0.717, 1.165) is 5.75 Å². The third kappa shape index (κ3) is 4.76. The molecule has 0 saturated heterocycles. The van der Waals surface area contributed by atoms with Crippen molar-refractivity contribution in [2.45, 2.75) is 13.0 Å². The summed E-state index contributed by atoms with van der Waals surface area (Å²) in [6.45, 7) is 2.38. The zero-order valence-corrected chi connectivity index (χ0v) is 12.0. The van der Waals surface area contributed by atoms with E-state index in [1.807, 2.05) is 31.2 Å². The molecular weight excluding hydrogens is 276 g/mol. The fourth-order valence-electron chi connectivity index (χ4n) is 1.60. The molecule has 0 unspecified atom stereocenters. The van der Waals surface area contributed by atoms with E-state index in [0.29, 0.717) is 10.8 Å². The van der Waals surface area contributed by atoms with Crippen molar-refractivity contribution >= 4 is 11.6 Å². The second kappa shape index (κ2) is 7.17. The largest absolute Gasteiger partial charge is 0.491 e. The summed E-state index contributed by atoms with van der Waals surface area (Å²) >= 11 is 5.78. The Labute approximate surface area is 123 Å². The molecule has 4 heteroatoms. The first-order valence-electron chi connectivity index (χ1n) is 6.39. The van der Waals surface area contributed by atoms with Crippen LogP contribution in [0.3, 0.4) is 0 Å². The fourth-order valence-corrected chi connectivity index (χ4v) is 1.72. The quantitative estimate of drug-likeness (QED) is 0.886. The lowest BCUT2D eigenvalue weighted by molar-refractivity contribution is 0.0626. The lowest BCUT2D eigenvalue weighted by Gasteiger charge is -2.13. The van der Waals surface area contributed by atoms with Crippen molar-refractivity contribution in [3.05, 3.63) is 59.1 Å². The van der Waals surface area contributed by atoms with E-state index in [2.05, 4.69) is 0 Å². The van der Waals surface area contributed by atoms with E-state index in [1.165, 1.54) is 5.56 Å². The second-order valence-corrected chi connectivity index (χ2v) is 4.98. The SMILES string of the molecule is Cc1ccc(OC[C@H](O)COc2ccc(Cl)cc2)cc1. The van der Waals surface area contributed by atoms with Crippen molar-refractivity contribution in [2.75, 3.05) is 13.2 Å². The lowest BCUT2D eigenvalue weighted by atomic mass is 10.2. The summed E-state index contributed by atoms with van der Waals surface area (Å²) in [6.07, 6.45) is -0.688. The maximum Gasteiger partial charge on any atom is 0.122 e.